The number of rotatable bonds is 4. The molecule has 7 heteroatoms. The highest BCUT2D eigenvalue weighted by Crippen LogP contribution is 2.23. The molecule has 22 heavy (non-hydrogen) atoms. The average molecular weight is 306 g/mol. The Labute approximate surface area is 128 Å². The van der Waals surface area contributed by atoms with Gasteiger partial charge in [-0.3, -0.25) is 4.90 Å². The monoisotopic (exact) mass is 306 g/mol. The summed E-state index contributed by atoms with van der Waals surface area (Å²) in [5.41, 5.74) is 0.914. The molecule has 1 atom stereocenters. The number of ether oxygens (including phenoxy) is 2. The van der Waals surface area contributed by atoms with E-state index in [1.165, 1.54) is 13.2 Å². The Morgan fingerprint density at radius 1 is 1.45 bits per heavy atom. The van der Waals surface area contributed by atoms with Crippen LogP contribution in [0, 0.1) is 5.82 Å². The van der Waals surface area contributed by atoms with Gasteiger partial charge in [0.25, 0.3) is 0 Å². The molecule has 1 saturated heterocycles. The molecular weight excluding hydrogens is 287 g/mol. The van der Waals surface area contributed by atoms with Gasteiger partial charge in [-0.1, -0.05) is 6.07 Å². The Kier molecular flexibility index (Phi) is 4.35. The summed E-state index contributed by atoms with van der Waals surface area (Å²) >= 11 is 0. The molecule has 2 heterocycles. The summed E-state index contributed by atoms with van der Waals surface area (Å²) in [6.45, 7) is 2.80. The first kappa shape index (κ1) is 14.9. The van der Waals surface area contributed by atoms with Gasteiger partial charge in [0.2, 0.25) is 0 Å². The minimum absolute atomic E-state index is 0.107. The summed E-state index contributed by atoms with van der Waals surface area (Å²) in [6, 6.07) is 5.06. The lowest BCUT2D eigenvalue weighted by molar-refractivity contribution is -0.0385. The van der Waals surface area contributed by atoms with E-state index in [1.807, 2.05) is 17.7 Å². The zero-order valence-corrected chi connectivity index (χ0v) is 12.7. The third-order valence-corrected chi connectivity index (χ3v) is 3.81. The molecule has 0 saturated carbocycles. The molecule has 1 aliphatic rings. The van der Waals surface area contributed by atoms with Crippen molar-refractivity contribution in [3.63, 3.8) is 0 Å². The van der Waals surface area contributed by atoms with E-state index < -0.39 is 0 Å². The number of halogens is 1. The number of nitrogens with zero attached hydrogens (tertiary/aromatic N) is 4. The molecule has 6 nitrogen and oxygen atoms in total. The van der Waals surface area contributed by atoms with Crippen LogP contribution in [0.5, 0.6) is 5.75 Å². The first-order valence-corrected chi connectivity index (χ1v) is 7.17. The smallest absolute Gasteiger partial charge is 0.165 e. The zero-order valence-electron chi connectivity index (χ0n) is 12.7. The number of methoxy groups -OCH3 is 1. The van der Waals surface area contributed by atoms with Crippen molar-refractivity contribution in [2.75, 3.05) is 26.8 Å². The molecular formula is C15H19FN4O2. The van der Waals surface area contributed by atoms with Gasteiger partial charge in [-0.05, 0) is 17.7 Å². The average Bonchev–Trinajstić information content (AvgIpc) is 2.94. The van der Waals surface area contributed by atoms with Gasteiger partial charge in [0.15, 0.2) is 17.4 Å². The fraction of sp³-hybridized carbons (Fsp3) is 0.467. The third-order valence-electron chi connectivity index (χ3n) is 3.81. The number of morpholine rings is 1. The lowest BCUT2D eigenvalue weighted by atomic mass is 10.1. The van der Waals surface area contributed by atoms with Crippen LogP contribution in [0.25, 0.3) is 0 Å². The van der Waals surface area contributed by atoms with E-state index in [2.05, 4.69) is 15.1 Å². The SMILES string of the molecule is COc1ccc(CN2CCOC(c3nncn3C)C2)cc1F. The van der Waals surface area contributed by atoms with Crippen molar-refractivity contribution in [3.8, 4) is 5.75 Å². The second-order valence-corrected chi connectivity index (χ2v) is 5.36. The molecule has 2 aromatic rings. The Hall–Kier alpha value is -1.99. The number of benzene rings is 1. The molecule has 0 amide bonds. The molecule has 1 unspecified atom stereocenters. The van der Waals surface area contributed by atoms with Crippen molar-refractivity contribution in [2.45, 2.75) is 12.6 Å². The van der Waals surface area contributed by atoms with Gasteiger partial charge in [-0.15, -0.1) is 10.2 Å². The van der Waals surface area contributed by atoms with E-state index in [0.29, 0.717) is 19.7 Å². The maximum absolute atomic E-state index is 13.8. The Balaban J connectivity index is 1.68. The Bertz CT molecular complexity index is 646. The largest absolute Gasteiger partial charge is 0.494 e. The van der Waals surface area contributed by atoms with Crippen LogP contribution < -0.4 is 4.74 Å². The summed E-state index contributed by atoms with van der Waals surface area (Å²) in [7, 11) is 3.36. The first-order valence-electron chi connectivity index (χ1n) is 7.17. The molecule has 0 radical (unpaired) electrons. The van der Waals surface area contributed by atoms with Crippen LogP contribution in [0.2, 0.25) is 0 Å². The number of aryl methyl sites for hydroxylation is 1. The van der Waals surface area contributed by atoms with Crippen LogP contribution >= 0.6 is 0 Å². The zero-order chi connectivity index (χ0) is 15.5. The fourth-order valence-electron chi connectivity index (χ4n) is 2.65. The van der Waals surface area contributed by atoms with E-state index in [9.17, 15) is 4.39 Å². The first-order chi connectivity index (χ1) is 10.7. The quantitative estimate of drug-likeness (QED) is 0.857. The summed E-state index contributed by atoms with van der Waals surface area (Å²) < 4.78 is 26.3. The van der Waals surface area contributed by atoms with Gasteiger partial charge in [0, 0.05) is 26.7 Å². The molecule has 1 aromatic carbocycles. The van der Waals surface area contributed by atoms with Gasteiger partial charge in [0.05, 0.1) is 13.7 Å². The molecule has 0 aliphatic carbocycles. The second kappa shape index (κ2) is 6.41. The maximum Gasteiger partial charge on any atom is 0.165 e. The molecule has 3 rings (SSSR count). The molecule has 1 fully saturated rings. The van der Waals surface area contributed by atoms with Crippen molar-refractivity contribution in [1.29, 1.82) is 0 Å². The van der Waals surface area contributed by atoms with Crippen molar-refractivity contribution >= 4 is 0 Å². The molecule has 0 spiro atoms. The Morgan fingerprint density at radius 3 is 3.00 bits per heavy atom. The maximum atomic E-state index is 13.8. The highest BCUT2D eigenvalue weighted by Gasteiger charge is 2.25. The minimum atomic E-state index is -0.335. The molecule has 0 N–H and O–H groups in total. The predicted octanol–water partition coefficient (Wildman–Crippen LogP) is 1.54. The summed E-state index contributed by atoms with van der Waals surface area (Å²) in [6.07, 6.45) is 1.56. The molecule has 1 aliphatic heterocycles. The van der Waals surface area contributed by atoms with Gasteiger partial charge < -0.3 is 14.0 Å². The van der Waals surface area contributed by atoms with Crippen molar-refractivity contribution in [2.24, 2.45) is 7.05 Å². The van der Waals surface area contributed by atoms with Gasteiger partial charge in [-0.25, -0.2) is 4.39 Å². The van der Waals surface area contributed by atoms with E-state index in [1.54, 1.807) is 12.4 Å². The lowest BCUT2D eigenvalue weighted by Gasteiger charge is -2.32. The summed E-state index contributed by atoms with van der Waals surface area (Å²) in [5, 5.41) is 7.99. The standard InChI is InChI=1S/C15H19FN4O2/c1-19-10-17-18-15(19)14-9-20(5-6-22-14)8-11-3-4-13(21-2)12(16)7-11/h3-4,7,10,14H,5-6,8-9H2,1-2H3. The minimum Gasteiger partial charge on any atom is -0.494 e. The second-order valence-electron chi connectivity index (χ2n) is 5.36. The van der Waals surface area contributed by atoms with Crippen LogP contribution in [0.1, 0.15) is 17.5 Å². The van der Waals surface area contributed by atoms with Crippen molar-refractivity contribution in [1.82, 2.24) is 19.7 Å². The third kappa shape index (κ3) is 3.10. The highest BCUT2D eigenvalue weighted by molar-refractivity contribution is 5.29. The van der Waals surface area contributed by atoms with E-state index >= 15 is 0 Å². The predicted molar refractivity (Wildman–Crippen MR) is 77.9 cm³/mol. The van der Waals surface area contributed by atoms with Crippen molar-refractivity contribution in [3.05, 3.63) is 41.7 Å². The van der Waals surface area contributed by atoms with Crippen LogP contribution in [0.15, 0.2) is 24.5 Å². The van der Waals surface area contributed by atoms with E-state index in [4.69, 9.17) is 9.47 Å². The van der Waals surface area contributed by atoms with E-state index in [-0.39, 0.29) is 17.7 Å². The van der Waals surface area contributed by atoms with Gasteiger partial charge >= 0.3 is 0 Å². The van der Waals surface area contributed by atoms with Crippen LogP contribution in [0.4, 0.5) is 4.39 Å². The number of hydrogen-bond donors (Lipinski definition) is 0. The van der Waals surface area contributed by atoms with Gasteiger partial charge in [-0.2, -0.15) is 0 Å². The number of hydrogen-bond acceptors (Lipinski definition) is 5. The van der Waals surface area contributed by atoms with Gasteiger partial charge in [0.1, 0.15) is 12.4 Å². The number of aromatic nitrogens is 3. The summed E-state index contributed by atoms with van der Waals surface area (Å²) in [5.74, 6) is 0.742. The van der Waals surface area contributed by atoms with E-state index in [0.717, 1.165) is 17.9 Å². The van der Waals surface area contributed by atoms with Crippen LogP contribution in [-0.4, -0.2) is 46.5 Å². The normalized spacial score (nSPS) is 19.3. The van der Waals surface area contributed by atoms with Crippen molar-refractivity contribution < 1.29 is 13.9 Å². The van der Waals surface area contributed by atoms with Crippen LogP contribution in [-0.2, 0) is 18.3 Å². The molecule has 0 bridgehead atoms. The lowest BCUT2D eigenvalue weighted by Crippen LogP contribution is -2.38. The van der Waals surface area contributed by atoms with Crippen LogP contribution in [0.3, 0.4) is 0 Å². The topological polar surface area (TPSA) is 52.4 Å². The fourth-order valence-corrected chi connectivity index (χ4v) is 2.65. The molecule has 1 aromatic heterocycles. The summed E-state index contributed by atoms with van der Waals surface area (Å²) in [4.78, 5) is 2.23. The Morgan fingerprint density at radius 2 is 2.32 bits per heavy atom. The molecule has 118 valence electrons. The highest BCUT2D eigenvalue weighted by atomic mass is 19.1.